The first-order valence-corrected chi connectivity index (χ1v) is 11.0. The quantitative estimate of drug-likeness (QED) is 0.421. The molecule has 1 heterocycles. The molecule has 162 valence electrons. The SMILES string of the molecule is COc1cc(C=C2SC(=S)N(C)C2=O)ccc1OCC(=O)Nc1cccc2ccccc12. The first-order chi connectivity index (χ1) is 15.5. The molecule has 0 aliphatic carbocycles. The van der Waals surface area contributed by atoms with Gasteiger partial charge in [-0.2, -0.15) is 0 Å². The van der Waals surface area contributed by atoms with Gasteiger partial charge in [0.05, 0.1) is 12.0 Å². The minimum absolute atomic E-state index is 0.135. The van der Waals surface area contributed by atoms with Crippen molar-refractivity contribution >= 4 is 62.7 Å². The molecular weight excluding hydrogens is 444 g/mol. The van der Waals surface area contributed by atoms with E-state index in [0.717, 1.165) is 22.0 Å². The van der Waals surface area contributed by atoms with Crippen molar-refractivity contribution in [2.45, 2.75) is 0 Å². The Hall–Kier alpha value is -3.36. The second-order valence-corrected chi connectivity index (χ2v) is 8.69. The summed E-state index contributed by atoms with van der Waals surface area (Å²) in [5, 5.41) is 4.90. The summed E-state index contributed by atoms with van der Waals surface area (Å²) in [7, 11) is 3.17. The molecule has 0 unspecified atom stereocenters. The average Bonchev–Trinajstić information content (AvgIpc) is 3.04. The number of anilines is 1. The highest BCUT2D eigenvalue weighted by molar-refractivity contribution is 8.26. The van der Waals surface area contributed by atoms with Gasteiger partial charge in [0.15, 0.2) is 18.1 Å². The van der Waals surface area contributed by atoms with Crippen molar-refractivity contribution in [3.05, 3.63) is 71.1 Å². The van der Waals surface area contributed by atoms with Crippen molar-refractivity contribution in [1.29, 1.82) is 0 Å². The maximum Gasteiger partial charge on any atom is 0.265 e. The molecule has 1 N–H and O–H groups in total. The summed E-state index contributed by atoms with van der Waals surface area (Å²) in [5.74, 6) is 0.480. The average molecular weight is 465 g/mol. The number of likely N-dealkylation sites (N-methyl/N-ethyl adjacent to an activating group) is 1. The zero-order valence-electron chi connectivity index (χ0n) is 17.5. The molecule has 0 aromatic heterocycles. The standard InChI is InChI=1S/C24H20N2O4S2/c1-26-23(28)21(32-24(26)31)13-15-10-11-19(20(12-15)29-2)30-14-22(27)25-18-9-5-7-16-6-3-4-8-17(16)18/h3-13H,14H2,1-2H3,(H,25,27). The smallest absolute Gasteiger partial charge is 0.265 e. The van der Waals surface area contributed by atoms with Crippen LogP contribution in [0.25, 0.3) is 16.8 Å². The molecule has 8 heteroatoms. The lowest BCUT2D eigenvalue weighted by molar-refractivity contribution is -0.121. The molecule has 0 spiro atoms. The third-order valence-corrected chi connectivity index (χ3v) is 6.38. The number of hydrogen-bond donors (Lipinski definition) is 1. The summed E-state index contributed by atoms with van der Waals surface area (Å²) in [4.78, 5) is 26.7. The van der Waals surface area contributed by atoms with E-state index >= 15 is 0 Å². The van der Waals surface area contributed by atoms with Crippen LogP contribution in [0.2, 0.25) is 0 Å². The van der Waals surface area contributed by atoms with Crippen molar-refractivity contribution in [3.63, 3.8) is 0 Å². The molecule has 1 aliphatic heterocycles. The number of methoxy groups -OCH3 is 1. The Balaban J connectivity index is 1.45. The predicted molar refractivity (Wildman–Crippen MR) is 132 cm³/mol. The molecule has 2 amide bonds. The van der Waals surface area contributed by atoms with E-state index in [0.29, 0.717) is 20.7 Å². The van der Waals surface area contributed by atoms with E-state index in [-0.39, 0.29) is 18.4 Å². The van der Waals surface area contributed by atoms with Crippen LogP contribution < -0.4 is 14.8 Å². The van der Waals surface area contributed by atoms with Crippen molar-refractivity contribution < 1.29 is 19.1 Å². The highest BCUT2D eigenvalue weighted by atomic mass is 32.2. The van der Waals surface area contributed by atoms with E-state index in [1.807, 2.05) is 42.5 Å². The topological polar surface area (TPSA) is 67.9 Å². The highest BCUT2D eigenvalue weighted by Gasteiger charge is 2.28. The number of rotatable bonds is 6. The monoisotopic (exact) mass is 464 g/mol. The number of thiocarbonyl (C=S) groups is 1. The molecule has 0 bridgehead atoms. The zero-order chi connectivity index (χ0) is 22.7. The van der Waals surface area contributed by atoms with Crippen LogP contribution in [-0.2, 0) is 9.59 Å². The van der Waals surface area contributed by atoms with Gasteiger partial charge in [-0.15, -0.1) is 0 Å². The minimum Gasteiger partial charge on any atom is -0.493 e. The third kappa shape index (κ3) is 4.61. The van der Waals surface area contributed by atoms with Crippen molar-refractivity contribution in [2.75, 3.05) is 26.1 Å². The number of amides is 2. The van der Waals surface area contributed by atoms with Gasteiger partial charge in [0.1, 0.15) is 4.32 Å². The van der Waals surface area contributed by atoms with Crippen molar-refractivity contribution in [3.8, 4) is 11.5 Å². The molecule has 1 aliphatic rings. The summed E-state index contributed by atoms with van der Waals surface area (Å²) >= 11 is 6.41. The fourth-order valence-electron chi connectivity index (χ4n) is 3.25. The molecule has 32 heavy (non-hydrogen) atoms. The van der Waals surface area contributed by atoms with Crippen LogP contribution in [0.15, 0.2) is 65.6 Å². The Morgan fingerprint density at radius 3 is 2.66 bits per heavy atom. The summed E-state index contributed by atoms with van der Waals surface area (Å²) in [6.45, 7) is -0.173. The number of hydrogen-bond acceptors (Lipinski definition) is 6. The zero-order valence-corrected chi connectivity index (χ0v) is 19.1. The van der Waals surface area contributed by atoms with E-state index in [4.69, 9.17) is 21.7 Å². The van der Waals surface area contributed by atoms with Gasteiger partial charge in [0, 0.05) is 18.1 Å². The van der Waals surface area contributed by atoms with E-state index in [1.54, 1.807) is 31.3 Å². The second kappa shape index (κ2) is 9.42. The summed E-state index contributed by atoms with van der Waals surface area (Å²) in [5.41, 5.74) is 1.50. The maximum absolute atomic E-state index is 12.5. The fraction of sp³-hybridized carbons (Fsp3) is 0.125. The van der Waals surface area contributed by atoms with Gasteiger partial charge in [0.25, 0.3) is 11.8 Å². The fourth-order valence-corrected chi connectivity index (χ4v) is 4.43. The van der Waals surface area contributed by atoms with Crippen LogP contribution in [-0.4, -0.2) is 41.8 Å². The van der Waals surface area contributed by atoms with E-state index in [9.17, 15) is 9.59 Å². The van der Waals surface area contributed by atoms with E-state index in [2.05, 4.69) is 5.32 Å². The number of carbonyl (C=O) groups excluding carboxylic acids is 2. The molecule has 6 nitrogen and oxygen atoms in total. The number of fused-ring (bicyclic) bond motifs is 1. The lowest BCUT2D eigenvalue weighted by Crippen LogP contribution is -2.22. The van der Waals surface area contributed by atoms with Gasteiger partial charge in [-0.1, -0.05) is 66.4 Å². The van der Waals surface area contributed by atoms with E-state index < -0.39 is 0 Å². The van der Waals surface area contributed by atoms with Gasteiger partial charge in [-0.3, -0.25) is 14.5 Å². The molecule has 3 aromatic rings. The Morgan fingerprint density at radius 2 is 1.91 bits per heavy atom. The van der Waals surface area contributed by atoms with Gasteiger partial charge < -0.3 is 14.8 Å². The maximum atomic E-state index is 12.5. The first-order valence-electron chi connectivity index (χ1n) is 9.76. The summed E-state index contributed by atoms with van der Waals surface area (Å²) in [6.07, 6.45) is 1.75. The van der Waals surface area contributed by atoms with Crippen LogP contribution in [0.1, 0.15) is 5.56 Å². The van der Waals surface area contributed by atoms with Crippen LogP contribution in [0, 0.1) is 0 Å². The number of nitrogens with zero attached hydrogens (tertiary/aromatic N) is 1. The summed E-state index contributed by atoms with van der Waals surface area (Å²) in [6, 6.07) is 18.8. The number of nitrogens with one attached hydrogen (secondary N) is 1. The Kier molecular flexibility index (Phi) is 6.43. The molecule has 1 fully saturated rings. The Bertz CT molecular complexity index is 1250. The predicted octanol–water partition coefficient (Wildman–Crippen LogP) is 4.70. The largest absolute Gasteiger partial charge is 0.493 e. The van der Waals surface area contributed by atoms with Crippen LogP contribution >= 0.6 is 24.0 Å². The molecule has 0 atom stereocenters. The molecular formula is C24H20N2O4S2. The molecule has 0 saturated carbocycles. The number of thioether (sulfide) groups is 1. The Labute approximate surface area is 195 Å². The number of carbonyl (C=O) groups is 2. The van der Waals surface area contributed by atoms with Crippen molar-refractivity contribution in [1.82, 2.24) is 4.90 Å². The van der Waals surface area contributed by atoms with Crippen LogP contribution in [0.3, 0.4) is 0 Å². The van der Waals surface area contributed by atoms with Gasteiger partial charge >= 0.3 is 0 Å². The van der Waals surface area contributed by atoms with Crippen molar-refractivity contribution in [2.24, 2.45) is 0 Å². The normalized spacial score (nSPS) is 14.8. The van der Waals surface area contributed by atoms with Gasteiger partial charge in [-0.05, 0) is 35.2 Å². The third-order valence-electron chi connectivity index (χ3n) is 4.89. The minimum atomic E-state index is -0.279. The first kappa shape index (κ1) is 21.9. The van der Waals surface area contributed by atoms with Crippen LogP contribution in [0.4, 0.5) is 5.69 Å². The highest BCUT2D eigenvalue weighted by Crippen LogP contribution is 2.34. The lowest BCUT2D eigenvalue weighted by Gasteiger charge is -2.12. The number of ether oxygens (including phenoxy) is 2. The Morgan fingerprint density at radius 1 is 1.12 bits per heavy atom. The van der Waals surface area contributed by atoms with Gasteiger partial charge in [-0.25, -0.2) is 0 Å². The molecule has 3 aromatic carbocycles. The van der Waals surface area contributed by atoms with Gasteiger partial charge in [0.2, 0.25) is 0 Å². The van der Waals surface area contributed by atoms with Crippen LogP contribution in [0.5, 0.6) is 11.5 Å². The molecule has 4 rings (SSSR count). The second-order valence-electron chi connectivity index (χ2n) is 7.01. The molecule has 0 radical (unpaired) electrons. The lowest BCUT2D eigenvalue weighted by atomic mass is 10.1. The summed E-state index contributed by atoms with van der Waals surface area (Å²) < 4.78 is 11.6. The number of benzene rings is 3. The molecule has 1 saturated heterocycles. The van der Waals surface area contributed by atoms with E-state index in [1.165, 1.54) is 23.8 Å².